The van der Waals surface area contributed by atoms with Gasteiger partial charge in [-0.1, -0.05) is 78.9 Å². The standard InChI is InChI=1S/C16H14O2.C9H10O2/c1-11(17)18-10-16-14-8-4-2-6-12(14)13-7-3-5-9-15(13)16;1-8(10)11-7-9-5-3-2-4-6-9/h2-9,16H,10H2,1H3;2-6H,7H2,1H3. The molecule has 0 spiro atoms. The van der Waals surface area contributed by atoms with Crippen LogP contribution in [0.1, 0.15) is 36.5 Å². The van der Waals surface area contributed by atoms with Gasteiger partial charge in [0.15, 0.2) is 0 Å². The first-order valence-electron chi connectivity index (χ1n) is 9.55. The van der Waals surface area contributed by atoms with Crippen LogP contribution < -0.4 is 0 Å². The zero-order valence-electron chi connectivity index (χ0n) is 16.6. The molecule has 4 rings (SSSR count). The average Bonchev–Trinajstić information content (AvgIpc) is 3.06. The highest BCUT2D eigenvalue weighted by Crippen LogP contribution is 2.44. The SMILES string of the molecule is CC(=O)OCC1c2ccccc2-c2ccccc21.CC(=O)OCc1ccccc1. The van der Waals surface area contributed by atoms with Crippen LogP contribution in [0.4, 0.5) is 0 Å². The summed E-state index contributed by atoms with van der Waals surface area (Å²) in [6.07, 6.45) is 0. The molecule has 0 radical (unpaired) electrons. The second-order valence-electron chi connectivity index (χ2n) is 6.80. The fourth-order valence-corrected chi connectivity index (χ4v) is 3.40. The molecule has 29 heavy (non-hydrogen) atoms. The Bertz CT molecular complexity index is 933. The molecule has 0 atom stereocenters. The van der Waals surface area contributed by atoms with Crippen LogP contribution in [0.2, 0.25) is 0 Å². The number of benzene rings is 3. The molecule has 1 aliphatic carbocycles. The molecular weight excluding hydrogens is 364 g/mol. The minimum atomic E-state index is -0.242. The van der Waals surface area contributed by atoms with Gasteiger partial charge in [-0.2, -0.15) is 0 Å². The third-order valence-electron chi connectivity index (χ3n) is 4.70. The molecule has 148 valence electrons. The summed E-state index contributed by atoms with van der Waals surface area (Å²) in [6.45, 7) is 3.65. The van der Waals surface area contributed by atoms with Crippen molar-refractivity contribution in [2.24, 2.45) is 0 Å². The zero-order valence-corrected chi connectivity index (χ0v) is 16.6. The van der Waals surface area contributed by atoms with Crippen LogP contribution in [-0.2, 0) is 25.7 Å². The quantitative estimate of drug-likeness (QED) is 0.583. The van der Waals surface area contributed by atoms with E-state index in [1.165, 1.54) is 36.1 Å². The van der Waals surface area contributed by atoms with Gasteiger partial charge < -0.3 is 9.47 Å². The van der Waals surface area contributed by atoms with Crippen LogP contribution in [0.5, 0.6) is 0 Å². The van der Waals surface area contributed by atoms with E-state index in [9.17, 15) is 9.59 Å². The van der Waals surface area contributed by atoms with Gasteiger partial charge in [0.25, 0.3) is 0 Å². The zero-order chi connectivity index (χ0) is 20.6. The Morgan fingerprint density at radius 3 is 1.69 bits per heavy atom. The maximum Gasteiger partial charge on any atom is 0.302 e. The summed E-state index contributed by atoms with van der Waals surface area (Å²) in [5.41, 5.74) is 6.03. The molecule has 3 aromatic carbocycles. The van der Waals surface area contributed by atoms with E-state index in [1.807, 2.05) is 54.6 Å². The first kappa shape index (κ1) is 20.3. The minimum Gasteiger partial charge on any atom is -0.465 e. The molecule has 3 aromatic rings. The smallest absolute Gasteiger partial charge is 0.302 e. The van der Waals surface area contributed by atoms with Crippen molar-refractivity contribution in [3.8, 4) is 11.1 Å². The van der Waals surface area contributed by atoms with Gasteiger partial charge in [0, 0.05) is 19.8 Å². The molecule has 0 saturated carbocycles. The van der Waals surface area contributed by atoms with Crippen molar-refractivity contribution in [2.75, 3.05) is 6.61 Å². The molecule has 4 heteroatoms. The monoisotopic (exact) mass is 388 g/mol. The first-order valence-corrected chi connectivity index (χ1v) is 9.55. The summed E-state index contributed by atoms with van der Waals surface area (Å²) in [5.74, 6) is -0.299. The molecular formula is C25H24O4. The molecule has 0 heterocycles. The molecule has 0 aromatic heterocycles. The fraction of sp³-hybridized carbons (Fsp3) is 0.200. The van der Waals surface area contributed by atoms with Crippen molar-refractivity contribution in [1.82, 2.24) is 0 Å². The van der Waals surface area contributed by atoms with E-state index in [4.69, 9.17) is 9.47 Å². The maximum atomic E-state index is 11.0. The van der Waals surface area contributed by atoms with E-state index in [0.29, 0.717) is 13.2 Å². The van der Waals surface area contributed by atoms with Gasteiger partial charge >= 0.3 is 11.9 Å². The Balaban J connectivity index is 0.000000188. The molecule has 4 nitrogen and oxygen atoms in total. The average molecular weight is 388 g/mol. The van der Waals surface area contributed by atoms with Crippen LogP contribution in [-0.4, -0.2) is 18.5 Å². The van der Waals surface area contributed by atoms with Crippen LogP contribution in [0, 0.1) is 0 Å². The van der Waals surface area contributed by atoms with E-state index in [0.717, 1.165) is 5.56 Å². The summed E-state index contributed by atoms with van der Waals surface area (Å²) < 4.78 is 9.99. The Kier molecular flexibility index (Phi) is 6.80. The van der Waals surface area contributed by atoms with Crippen molar-refractivity contribution >= 4 is 11.9 Å². The van der Waals surface area contributed by atoms with Crippen LogP contribution in [0.15, 0.2) is 78.9 Å². The molecule has 0 bridgehead atoms. The molecule has 0 aliphatic heterocycles. The Hall–Kier alpha value is -3.40. The molecule has 0 unspecified atom stereocenters. The summed E-state index contributed by atoms with van der Waals surface area (Å²) in [4.78, 5) is 21.4. The highest BCUT2D eigenvalue weighted by molar-refractivity contribution is 5.79. The molecule has 1 aliphatic rings. The molecule has 0 N–H and O–H groups in total. The summed E-state index contributed by atoms with van der Waals surface area (Å²) in [5, 5.41) is 0. The van der Waals surface area contributed by atoms with Gasteiger partial charge in [0.05, 0.1) is 0 Å². The van der Waals surface area contributed by atoms with E-state index < -0.39 is 0 Å². The predicted molar refractivity (Wildman–Crippen MR) is 112 cm³/mol. The number of rotatable bonds is 4. The van der Waals surface area contributed by atoms with Gasteiger partial charge in [-0.25, -0.2) is 0 Å². The molecule has 0 fully saturated rings. The molecule has 0 saturated heterocycles. The van der Waals surface area contributed by atoms with Crippen molar-refractivity contribution in [3.05, 3.63) is 95.6 Å². The van der Waals surface area contributed by atoms with E-state index in [-0.39, 0.29) is 17.9 Å². The normalized spacial score (nSPS) is 11.5. The number of esters is 2. The van der Waals surface area contributed by atoms with Crippen LogP contribution in [0.3, 0.4) is 0 Å². The van der Waals surface area contributed by atoms with Gasteiger partial charge in [0.1, 0.15) is 13.2 Å². The topological polar surface area (TPSA) is 52.6 Å². The molecule has 0 amide bonds. The number of fused-ring (bicyclic) bond motifs is 3. The number of hydrogen-bond donors (Lipinski definition) is 0. The van der Waals surface area contributed by atoms with Gasteiger partial charge in [-0.15, -0.1) is 0 Å². The fourth-order valence-electron chi connectivity index (χ4n) is 3.40. The van der Waals surface area contributed by atoms with Crippen molar-refractivity contribution in [2.45, 2.75) is 26.4 Å². The lowest BCUT2D eigenvalue weighted by Crippen LogP contribution is -2.09. The van der Waals surface area contributed by atoms with Crippen molar-refractivity contribution in [1.29, 1.82) is 0 Å². The second kappa shape index (κ2) is 9.69. The minimum absolute atomic E-state index is 0.168. The number of carbonyl (C=O) groups excluding carboxylic acids is 2. The third-order valence-corrected chi connectivity index (χ3v) is 4.70. The number of carbonyl (C=O) groups is 2. The Morgan fingerprint density at radius 2 is 1.17 bits per heavy atom. The van der Waals surface area contributed by atoms with Crippen molar-refractivity contribution in [3.63, 3.8) is 0 Å². The second-order valence-corrected chi connectivity index (χ2v) is 6.80. The third kappa shape index (κ3) is 5.32. The van der Waals surface area contributed by atoms with Crippen LogP contribution >= 0.6 is 0 Å². The van der Waals surface area contributed by atoms with Crippen LogP contribution in [0.25, 0.3) is 11.1 Å². The largest absolute Gasteiger partial charge is 0.465 e. The van der Waals surface area contributed by atoms with Gasteiger partial charge in [-0.3, -0.25) is 9.59 Å². The van der Waals surface area contributed by atoms with E-state index >= 15 is 0 Å². The maximum absolute atomic E-state index is 11.0. The Labute approximate surface area is 171 Å². The summed E-state index contributed by atoms with van der Waals surface area (Å²) in [6, 6.07) is 26.2. The predicted octanol–water partition coefficient (Wildman–Crippen LogP) is 5.11. The van der Waals surface area contributed by atoms with E-state index in [1.54, 1.807) is 0 Å². The van der Waals surface area contributed by atoms with Gasteiger partial charge in [0.2, 0.25) is 0 Å². The van der Waals surface area contributed by atoms with Gasteiger partial charge in [-0.05, 0) is 27.8 Å². The lowest BCUT2D eigenvalue weighted by atomic mass is 9.98. The highest BCUT2D eigenvalue weighted by atomic mass is 16.5. The summed E-state index contributed by atoms with van der Waals surface area (Å²) in [7, 11) is 0. The summed E-state index contributed by atoms with van der Waals surface area (Å²) >= 11 is 0. The number of ether oxygens (including phenoxy) is 2. The number of hydrogen-bond acceptors (Lipinski definition) is 4. The first-order chi connectivity index (χ1) is 14.1. The lowest BCUT2D eigenvalue weighted by Gasteiger charge is -2.12. The van der Waals surface area contributed by atoms with Crippen molar-refractivity contribution < 1.29 is 19.1 Å². The van der Waals surface area contributed by atoms with E-state index in [2.05, 4.69) is 24.3 Å². The highest BCUT2D eigenvalue weighted by Gasteiger charge is 2.28. The lowest BCUT2D eigenvalue weighted by molar-refractivity contribution is -0.142. The Morgan fingerprint density at radius 1 is 0.690 bits per heavy atom.